The first-order valence-electron chi connectivity index (χ1n) is 5.33. The molecule has 0 fully saturated rings. The Morgan fingerprint density at radius 2 is 2.07 bits per heavy atom. The van der Waals surface area contributed by atoms with Gasteiger partial charge in [-0.2, -0.15) is 0 Å². The van der Waals surface area contributed by atoms with Crippen LogP contribution in [0.2, 0.25) is 0 Å². The van der Waals surface area contributed by atoms with Crippen LogP contribution in [0.3, 0.4) is 0 Å². The molecule has 2 rings (SSSR count). The molecule has 1 aromatic rings. The van der Waals surface area contributed by atoms with Gasteiger partial charge in [0, 0.05) is 0 Å². The minimum Gasteiger partial charge on any atom is -0.224 e. The third-order valence-electron chi connectivity index (χ3n) is 2.75. The Kier molecular flexibility index (Phi) is 2.59. The molecule has 0 unspecified atom stereocenters. The summed E-state index contributed by atoms with van der Waals surface area (Å²) < 4.78 is 23.4. The van der Waals surface area contributed by atoms with Crippen molar-refractivity contribution in [2.45, 2.75) is 31.6 Å². The number of hydrogen-bond donors (Lipinski definition) is 0. The third kappa shape index (κ3) is 2.07. The second-order valence-corrected chi connectivity index (χ2v) is 6.69. The van der Waals surface area contributed by atoms with Gasteiger partial charge in [0.05, 0.1) is 10.6 Å². The molecule has 1 aliphatic heterocycles. The fourth-order valence-corrected chi connectivity index (χ4v) is 3.66. The molecule has 0 saturated carbocycles. The third-order valence-corrected chi connectivity index (χ3v) is 4.54. The van der Waals surface area contributed by atoms with Crippen molar-refractivity contribution in [3.05, 3.63) is 29.3 Å². The Balaban J connectivity index is 2.42. The lowest BCUT2D eigenvalue weighted by atomic mass is 10.0. The van der Waals surface area contributed by atoms with Gasteiger partial charge in [0.2, 0.25) is 0 Å². The first-order valence-corrected chi connectivity index (χ1v) is 6.99. The quantitative estimate of drug-likeness (QED) is 0.772. The van der Waals surface area contributed by atoms with Crippen LogP contribution < -0.4 is 0 Å². The molecule has 82 valence electrons. The molecule has 0 radical (unpaired) electrons. The van der Waals surface area contributed by atoms with Crippen molar-refractivity contribution >= 4 is 9.84 Å². The molecule has 3 heteroatoms. The van der Waals surface area contributed by atoms with Gasteiger partial charge in [0.25, 0.3) is 0 Å². The van der Waals surface area contributed by atoms with Crippen LogP contribution in [0.5, 0.6) is 0 Å². The van der Waals surface area contributed by atoms with Gasteiger partial charge in [-0.1, -0.05) is 26.0 Å². The maximum absolute atomic E-state index is 11.7. The van der Waals surface area contributed by atoms with Crippen molar-refractivity contribution < 1.29 is 8.42 Å². The zero-order valence-corrected chi connectivity index (χ0v) is 9.97. The van der Waals surface area contributed by atoms with Crippen LogP contribution in [0.25, 0.3) is 0 Å². The summed E-state index contributed by atoms with van der Waals surface area (Å²) in [7, 11) is -2.96. The van der Waals surface area contributed by atoms with Gasteiger partial charge < -0.3 is 0 Å². The van der Waals surface area contributed by atoms with E-state index in [1.165, 1.54) is 0 Å². The van der Waals surface area contributed by atoms with Gasteiger partial charge >= 0.3 is 0 Å². The van der Waals surface area contributed by atoms with E-state index in [2.05, 4.69) is 19.9 Å². The fraction of sp³-hybridized carbons (Fsp3) is 0.500. The summed E-state index contributed by atoms with van der Waals surface area (Å²) >= 11 is 0. The lowest BCUT2D eigenvalue weighted by Gasteiger charge is -2.06. The van der Waals surface area contributed by atoms with E-state index >= 15 is 0 Å². The van der Waals surface area contributed by atoms with Crippen molar-refractivity contribution in [2.24, 2.45) is 5.92 Å². The van der Waals surface area contributed by atoms with Crippen LogP contribution in [-0.2, 0) is 22.7 Å². The molecule has 1 heterocycles. The average Bonchev–Trinajstić information content (AvgIpc) is 2.42. The first kappa shape index (κ1) is 10.7. The van der Waals surface area contributed by atoms with Crippen LogP contribution >= 0.6 is 0 Å². The van der Waals surface area contributed by atoms with Crippen LogP contribution in [0.15, 0.2) is 23.1 Å². The van der Waals surface area contributed by atoms with E-state index in [4.69, 9.17) is 0 Å². The summed E-state index contributed by atoms with van der Waals surface area (Å²) in [6.07, 6.45) is 1.63. The molecule has 2 nitrogen and oxygen atoms in total. The molecule has 1 aliphatic rings. The fourth-order valence-electron chi connectivity index (χ4n) is 2.05. The standard InChI is InChI=1S/C12H16O2S/c1-9(2)7-10-3-4-11-5-6-15(13,14)12(11)8-10/h3-4,8-9H,5-7H2,1-2H3. The highest BCUT2D eigenvalue weighted by molar-refractivity contribution is 7.91. The Hall–Kier alpha value is -0.830. The largest absolute Gasteiger partial charge is 0.224 e. The number of fused-ring (bicyclic) bond motifs is 1. The van der Waals surface area contributed by atoms with Crippen molar-refractivity contribution in [1.82, 2.24) is 0 Å². The predicted octanol–water partition coefficient (Wildman–Crippen LogP) is 2.21. The first-order chi connectivity index (χ1) is 6.99. The van der Waals surface area contributed by atoms with Gasteiger partial charge in [-0.05, 0) is 36.0 Å². The Labute approximate surface area is 91.2 Å². The minimum atomic E-state index is -2.96. The summed E-state index contributed by atoms with van der Waals surface area (Å²) in [4.78, 5) is 0.570. The Bertz CT molecular complexity index is 472. The molecule has 0 atom stereocenters. The summed E-state index contributed by atoms with van der Waals surface area (Å²) in [5.74, 6) is 0.847. The van der Waals surface area contributed by atoms with Gasteiger partial charge in [0.1, 0.15) is 0 Å². The SMILES string of the molecule is CC(C)Cc1ccc2c(c1)S(=O)(=O)CC2. The summed E-state index contributed by atoms with van der Waals surface area (Å²) in [6, 6.07) is 5.88. The van der Waals surface area contributed by atoms with Gasteiger partial charge in [0.15, 0.2) is 9.84 Å². The molecule has 0 aliphatic carbocycles. The topological polar surface area (TPSA) is 34.1 Å². The number of benzene rings is 1. The van der Waals surface area contributed by atoms with Crippen LogP contribution in [0, 0.1) is 5.92 Å². The summed E-state index contributed by atoms with van der Waals surface area (Å²) in [6.45, 7) is 4.28. The number of aryl methyl sites for hydroxylation is 1. The summed E-state index contributed by atoms with van der Waals surface area (Å²) in [5, 5.41) is 0. The van der Waals surface area contributed by atoms with Gasteiger partial charge in [-0.3, -0.25) is 0 Å². The molecule has 0 spiro atoms. The summed E-state index contributed by atoms with van der Waals surface area (Å²) in [5.41, 5.74) is 2.12. The average molecular weight is 224 g/mol. The molecule has 0 amide bonds. The van der Waals surface area contributed by atoms with E-state index in [0.717, 1.165) is 17.5 Å². The minimum absolute atomic E-state index is 0.285. The molecular formula is C12H16O2S. The van der Waals surface area contributed by atoms with Crippen molar-refractivity contribution in [2.75, 3.05) is 5.75 Å². The van der Waals surface area contributed by atoms with E-state index in [-0.39, 0.29) is 5.75 Å². The van der Waals surface area contributed by atoms with E-state index < -0.39 is 9.84 Å². The van der Waals surface area contributed by atoms with Gasteiger partial charge in [-0.15, -0.1) is 0 Å². The lowest BCUT2D eigenvalue weighted by Crippen LogP contribution is -2.00. The highest BCUT2D eigenvalue weighted by Gasteiger charge is 2.25. The van der Waals surface area contributed by atoms with Crippen molar-refractivity contribution in [3.63, 3.8) is 0 Å². The van der Waals surface area contributed by atoms with E-state index in [1.54, 1.807) is 0 Å². The van der Waals surface area contributed by atoms with Crippen LogP contribution in [-0.4, -0.2) is 14.2 Å². The van der Waals surface area contributed by atoms with Crippen molar-refractivity contribution in [1.29, 1.82) is 0 Å². The van der Waals surface area contributed by atoms with Crippen LogP contribution in [0.4, 0.5) is 0 Å². The second kappa shape index (κ2) is 3.63. The molecule has 15 heavy (non-hydrogen) atoms. The Morgan fingerprint density at radius 3 is 2.73 bits per heavy atom. The normalized spacial score (nSPS) is 18.1. The molecule has 0 bridgehead atoms. The zero-order valence-electron chi connectivity index (χ0n) is 9.16. The highest BCUT2D eigenvalue weighted by Crippen LogP contribution is 2.27. The van der Waals surface area contributed by atoms with Gasteiger partial charge in [-0.25, -0.2) is 8.42 Å². The predicted molar refractivity (Wildman–Crippen MR) is 60.7 cm³/mol. The molecule has 0 aromatic heterocycles. The maximum Gasteiger partial charge on any atom is 0.178 e. The zero-order chi connectivity index (χ0) is 11.1. The highest BCUT2D eigenvalue weighted by atomic mass is 32.2. The van der Waals surface area contributed by atoms with E-state index in [1.807, 2.05) is 12.1 Å². The monoisotopic (exact) mass is 224 g/mol. The molecule has 1 aromatic carbocycles. The smallest absolute Gasteiger partial charge is 0.178 e. The van der Waals surface area contributed by atoms with Crippen molar-refractivity contribution in [3.8, 4) is 0 Å². The maximum atomic E-state index is 11.7. The molecule has 0 saturated heterocycles. The molecular weight excluding hydrogens is 208 g/mol. The Morgan fingerprint density at radius 1 is 1.33 bits per heavy atom. The van der Waals surface area contributed by atoms with E-state index in [9.17, 15) is 8.42 Å². The molecule has 0 N–H and O–H groups in total. The second-order valence-electron chi connectivity index (χ2n) is 4.61. The number of rotatable bonds is 2. The number of hydrogen-bond acceptors (Lipinski definition) is 2. The number of sulfone groups is 1. The lowest BCUT2D eigenvalue weighted by molar-refractivity contribution is 0.599. The van der Waals surface area contributed by atoms with E-state index in [0.29, 0.717) is 17.2 Å². The van der Waals surface area contributed by atoms with Crippen LogP contribution in [0.1, 0.15) is 25.0 Å².